The Morgan fingerprint density at radius 3 is 3.17 bits per heavy atom. The summed E-state index contributed by atoms with van der Waals surface area (Å²) in [6, 6.07) is 7.64. The number of nitrogens with one attached hydrogen (secondary N) is 2. The molecule has 0 spiro atoms. The second-order valence-electron chi connectivity index (χ2n) is 3.76. The van der Waals surface area contributed by atoms with Gasteiger partial charge in [-0.25, -0.2) is 0 Å². The highest BCUT2D eigenvalue weighted by atomic mass is 32.2. The quantitative estimate of drug-likeness (QED) is 0.638. The standard InChI is InChI=1S/C14H14N2OS/c1-2-9-18-10-8-16-14(17)12-5-3-4-11-6-7-15-13(11)12/h1,3-7,15H,8-10H2,(H,16,17). The lowest BCUT2D eigenvalue weighted by Crippen LogP contribution is -2.26. The van der Waals surface area contributed by atoms with Crippen LogP contribution in [0.3, 0.4) is 0 Å². The zero-order chi connectivity index (χ0) is 12.8. The van der Waals surface area contributed by atoms with E-state index in [2.05, 4.69) is 16.2 Å². The van der Waals surface area contributed by atoms with Crippen molar-refractivity contribution in [1.29, 1.82) is 0 Å². The fourth-order valence-corrected chi connectivity index (χ4v) is 2.25. The summed E-state index contributed by atoms with van der Waals surface area (Å²) in [4.78, 5) is 15.1. The lowest BCUT2D eigenvalue weighted by Gasteiger charge is -2.05. The number of fused-ring (bicyclic) bond motifs is 1. The third kappa shape index (κ3) is 2.88. The molecule has 0 radical (unpaired) electrons. The Bertz CT molecular complexity index is 583. The molecule has 18 heavy (non-hydrogen) atoms. The molecule has 92 valence electrons. The summed E-state index contributed by atoms with van der Waals surface area (Å²) >= 11 is 1.64. The van der Waals surface area contributed by atoms with E-state index in [-0.39, 0.29) is 5.91 Å². The van der Waals surface area contributed by atoms with E-state index in [1.54, 1.807) is 11.8 Å². The molecule has 1 amide bonds. The molecule has 0 saturated heterocycles. The van der Waals surface area contributed by atoms with E-state index < -0.39 is 0 Å². The first-order valence-electron chi connectivity index (χ1n) is 5.68. The lowest BCUT2D eigenvalue weighted by atomic mass is 10.1. The van der Waals surface area contributed by atoms with E-state index in [0.717, 1.165) is 16.7 Å². The number of rotatable bonds is 5. The van der Waals surface area contributed by atoms with Crippen molar-refractivity contribution in [3.8, 4) is 12.3 Å². The normalized spacial score (nSPS) is 10.2. The van der Waals surface area contributed by atoms with Gasteiger partial charge in [-0.2, -0.15) is 0 Å². The Hall–Kier alpha value is -1.86. The lowest BCUT2D eigenvalue weighted by molar-refractivity contribution is 0.0957. The number of benzene rings is 1. The molecule has 4 heteroatoms. The van der Waals surface area contributed by atoms with Gasteiger partial charge in [0, 0.05) is 23.9 Å². The molecule has 1 aromatic carbocycles. The van der Waals surface area contributed by atoms with Gasteiger partial charge in [0.05, 0.1) is 16.8 Å². The topological polar surface area (TPSA) is 44.9 Å². The van der Waals surface area contributed by atoms with Crippen molar-refractivity contribution in [3.63, 3.8) is 0 Å². The Morgan fingerprint density at radius 2 is 2.33 bits per heavy atom. The van der Waals surface area contributed by atoms with Gasteiger partial charge in [0.15, 0.2) is 0 Å². The van der Waals surface area contributed by atoms with Crippen molar-refractivity contribution in [2.45, 2.75) is 0 Å². The summed E-state index contributed by atoms with van der Waals surface area (Å²) in [7, 11) is 0. The molecule has 0 saturated carbocycles. The second-order valence-corrected chi connectivity index (χ2v) is 4.87. The van der Waals surface area contributed by atoms with Gasteiger partial charge in [0.2, 0.25) is 0 Å². The highest BCUT2D eigenvalue weighted by Crippen LogP contribution is 2.16. The van der Waals surface area contributed by atoms with Crippen molar-refractivity contribution in [1.82, 2.24) is 10.3 Å². The summed E-state index contributed by atoms with van der Waals surface area (Å²) in [6.45, 7) is 0.627. The zero-order valence-electron chi connectivity index (χ0n) is 9.90. The number of terminal acetylenes is 1. The van der Waals surface area contributed by atoms with Crippen LogP contribution < -0.4 is 5.32 Å². The number of H-pyrrole nitrogens is 1. The van der Waals surface area contributed by atoms with Crippen LogP contribution in [-0.2, 0) is 0 Å². The molecule has 2 rings (SSSR count). The van der Waals surface area contributed by atoms with Gasteiger partial charge < -0.3 is 10.3 Å². The summed E-state index contributed by atoms with van der Waals surface area (Å²) in [5.41, 5.74) is 1.56. The molecular formula is C14H14N2OS. The van der Waals surface area contributed by atoms with Crippen molar-refractivity contribution in [2.24, 2.45) is 0 Å². The first-order valence-corrected chi connectivity index (χ1v) is 6.84. The molecule has 2 N–H and O–H groups in total. The number of aromatic amines is 1. The summed E-state index contributed by atoms with van der Waals surface area (Å²) in [5, 5.41) is 3.94. The zero-order valence-corrected chi connectivity index (χ0v) is 10.7. The fraction of sp³-hybridized carbons (Fsp3) is 0.214. The predicted molar refractivity (Wildman–Crippen MR) is 76.8 cm³/mol. The van der Waals surface area contributed by atoms with Gasteiger partial charge in [-0.05, 0) is 12.1 Å². The van der Waals surface area contributed by atoms with Gasteiger partial charge in [0.1, 0.15) is 0 Å². The molecular weight excluding hydrogens is 244 g/mol. The van der Waals surface area contributed by atoms with E-state index in [1.807, 2.05) is 30.5 Å². The number of aromatic nitrogens is 1. The van der Waals surface area contributed by atoms with Crippen LogP contribution in [0.15, 0.2) is 30.5 Å². The molecule has 1 aromatic heterocycles. The van der Waals surface area contributed by atoms with Crippen LogP contribution in [-0.4, -0.2) is 28.9 Å². The maximum Gasteiger partial charge on any atom is 0.253 e. The molecule has 1 heterocycles. The second kappa shape index (κ2) is 6.18. The molecule has 2 aromatic rings. The fourth-order valence-electron chi connectivity index (χ4n) is 1.74. The Balaban J connectivity index is 1.97. The molecule has 3 nitrogen and oxygen atoms in total. The van der Waals surface area contributed by atoms with Crippen LogP contribution in [0.4, 0.5) is 0 Å². The number of carbonyl (C=O) groups is 1. The van der Waals surface area contributed by atoms with E-state index in [4.69, 9.17) is 6.42 Å². The Morgan fingerprint density at radius 1 is 1.44 bits per heavy atom. The van der Waals surface area contributed by atoms with Crippen LogP contribution in [0.25, 0.3) is 10.9 Å². The summed E-state index contributed by atoms with van der Waals surface area (Å²) in [5.74, 6) is 4.01. The van der Waals surface area contributed by atoms with E-state index in [1.165, 1.54) is 0 Å². The van der Waals surface area contributed by atoms with Crippen molar-refractivity contribution < 1.29 is 4.79 Å². The average Bonchev–Trinajstić information content (AvgIpc) is 2.86. The van der Waals surface area contributed by atoms with Gasteiger partial charge in [-0.15, -0.1) is 18.2 Å². The molecule has 0 atom stereocenters. The first-order chi connectivity index (χ1) is 8.83. The molecule has 0 aliphatic carbocycles. The molecule has 0 bridgehead atoms. The van der Waals surface area contributed by atoms with Crippen LogP contribution in [0.5, 0.6) is 0 Å². The predicted octanol–water partition coefficient (Wildman–Crippen LogP) is 2.26. The van der Waals surface area contributed by atoms with Crippen molar-refractivity contribution >= 4 is 28.6 Å². The summed E-state index contributed by atoms with van der Waals surface area (Å²) in [6.07, 6.45) is 6.99. The van der Waals surface area contributed by atoms with Gasteiger partial charge in [0.25, 0.3) is 5.91 Å². The maximum atomic E-state index is 12.0. The monoisotopic (exact) mass is 258 g/mol. The van der Waals surface area contributed by atoms with Crippen LogP contribution in [0.2, 0.25) is 0 Å². The number of para-hydroxylation sites is 1. The van der Waals surface area contributed by atoms with Gasteiger partial charge >= 0.3 is 0 Å². The molecule has 0 unspecified atom stereocenters. The largest absolute Gasteiger partial charge is 0.361 e. The number of amides is 1. The Labute approximate surface area is 110 Å². The summed E-state index contributed by atoms with van der Waals surface area (Å²) < 4.78 is 0. The molecule has 0 aliphatic heterocycles. The van der Waals surface area contributed by atoms with E-state index in [0.29, 0.717) is 17.9 Å². The number of thioether (sulfide) groups is 1. The van der Waals surface area contributed by atoms with Crippen LogP contribution in [0.1, 0.15) is 10.4 Å². The molecule has 0 aliphatic rings. The van der Waals surface area contributed by atoms with E-state index in [9.17, 15) is 4.79 Å². The van der Waals surface area contributed by atoms with Crippen LogP contribution in [0, 0.1) is 12.3 Å². The van der Waals surface area contributed by atoms with Gasteiger partial charge in [-0.1, -0.05) is 18.1 Å². The van der Waals surface area contributed by atoms with E-state index >= 15 is 0 Å². The minimum absolute atomic E-state index is 0.0515. The first kappa shape index (κ1) is 12.6. The molecule has 0 fully saturated rings. The third-order valence-corrected chi connectivity index (χ3v) is 3.41. The number of carbonyl (C=O) groups excluding carboxylic acids is 1. The van der Waals surface area contributed by atoms with Crippen molar-refractivity contribution in [2.75, 3.05) is 18.1 Å². The maximum absolute atomic E-state index is 12.0. The average molecular weight is 258 g/mol. The minimum atomic E-state index is -0.0515. The van der Waals surface area contributed by atoms with Crippen LogP contribution >= 0.6 is 11.8 Å². The minimum Gasteiger partial charge on any atom is -0.361 e. The highest BCUT2D eigenvalue weighted by molar-refractivity contribution is 7.99. The Kier molecular flexibility index (Phi) is 4.32. The third-order valence-electron chi connectivity index (χ3n) is 2.55. The number of hydrogen-bond acceptors (Lipinski definition) is 2. The SMILES string of the molecule is C#CCSCCNC(=O)c1cccc2cc[nH]c12. The van der Waals surface area contributed by atoms with Gasteiger partial charge in [-0.3, -0.25) is 4.79 Å². The number of hydrogen-bond donors (Lipinski definition) is 2. The highest BCUT2D eigenvalue weighted by Gasteiger charge is 2.09. The van der Waals surface area contributed by atoms with Crippen molar-refractivity contribution in [3.05, 3.63) is 36.0 Å². The smallest absolute Gasteiger partial charge is 0.253 e.